The Morgan fingerprint density at radius 2 is 1.90 bits per heavy atom. The van der Waals surface area contributed by atoms with Crippen LogP contribution >= 0.6 is 23.4 Å². The highest BCUT2D eigenvalue weighted by atomic mass is 35.5. The molecule has 164 valence electrons. The minimum absolute atomic E-state index is 0.187. The van der Waals surface area contributed by atoms with Crippen LogP contribution in [0.2, 0.25) is 5.02 Å². The van der Waals surface area contributed by atoms with Crippen molar-refractivity contribution >= 4 is 33.4 Å². The van der Waals surface area contributed by atoms with Gasteiger partial charge in [0, 0.05) is 24.4 Å². The van der Waals surface area contributed by atoms with Crippen LogP contribution in [0.15, 0.2) is 63.1 Å². The minimum atomic E-state index is -3.60. The number of rotatable bonds is 8. The number of halogens is 1. The van der Waals surface area contributed by atoms with Crippen LogP contribution in [-0.2, 0) is 14.8 Å². The van der Waals surface area contributed by atoms with Crippen molar-refractivity contribution in [1.29, 1.82) is 0 Å². The summed E-state index contributed by atoms with van der Waals surface area (Å²) < 4.78 is 43.7. The molecule has 1 aromatic heterocycles. The summed E-state index contributed by atoms with van der Waals surface area (Å²) in [5.41, 5.74) is 0.543. The standard InChI is InChI=1S/C20H20ClN3O5S2/c21-17-6-1-2-7-18(17)28-12-13-30-20-23-22-19(29-20)15-4-3-5-16(14-15)31(25,26)24-8-10-27-11-9-24/h1-7,14H,8-13H2. The maximum Gasteiger partial charge on any atom is 0.276 e. The number of hydrogen-bond acceptors (Lipinski definition) is 8. The highest BCUT2D eigenvalue weighted by molar-refractivity contribution is 7.99. The minimum Gasteiger partial charge on any atom is -0.491 e. The number of ether oxygens (including phenoxy) is 2. The van der Waals surface area contributed by atoms with E-state index in [9.17, 15) is 8.42 Å². The Labute approximate surface area is 189 Å². The van der Waals surface area contributed by atoms with Gasteiger partial charge in [0.05, 0.1) is 29.7 Å². The van der Waals surface area contributed by atoms with E-state index in [1.807, 2.05) is 12.1 Å². The highest BCUT2D eigenvalue weighted by Crippen LogP contribution is 2.27. The molecule has 8 nitrogen and oxygen atoms in total. The van der Waals surface area contributed by atoms with E-state index in [2.05, 4.69) is 10.2 Å². The molecule has 0 atom stereocenters. The summed E-state index contributed by atoms with van der Waals surface area (Å²) in [4.78, 5) is 0.187. The van der Waals surface area contributed by atoms with Gasteiger partial charge in [0.2, 0.25) is 15.9 Å². The van der Waals surface area contributed by atoms with Gasteiger partial charge in [-0.05, 0) is 30.3 Å². The molecular weight excluding hydrogens is 462 g/mol. The summed E-state index contributed by atoms with van der Waals surface area (Å²) in [5, 5.41) is 9.00. The Morgan fingerprint density at radius 1 is 1.10 bits per heavy atom. The Hall–Kier alpha value is -2.11. The Balaban J connectivity index is 1.38. The van der Waals surface area contributed by atoms with Crippen LogP contribution in [0.25, 0.3) is 11.5 Å². The Morgan fingerprint density at radius 3 is 2.71 bits per heavy atom. The molecule has 0 saturated carbocycles. The van der Waals surface area contributed by atoms with Crippen LogP contribution in [-0.4, -0.2) is 61.6 Å². The summed E-state index contributed by atoms with van der Waals surface area (Å²) in [6.07, 6.45) is 0. The molecule has 31 heavy (non-hydrogen) atoms. The van der Waals surface area contributed by atoms with E-state index < -0.39 is 10.0 Å². The SMILES string of the molecule is O=S(=O)(c1cccc(-c2nnc(SCCOc3ccccc3Cl)o2)c1)N1CCOCC1. The smallest absolute Gasteiger partial charge is 0.276 e. The molecule has 2 aromatic carbocycles. The quantitative estimate of drug-likeness (QED) is 0.356. The van der Waals surface area contributed by atoms with Crippen molar-refractivity contribution in [2.45, 2.75) is 10.1 Å². The zero-order valence-electron chi connectivity index (χ0n) is 16.4. The van der Waals surface area contributed by atoms with Crippen LogP contribution in [0, 0.1) is 0 Å². The van der Waals surface area contributed by atoms with Crippen molar-refractivity contribution in [3.63, 3.8) is 0 Å². The average molecular weight is 482 g/mol. The van der Waals surface area contributed by atoms with E-state index in [4.69, 9.17) is 25.5 Å². The molecule has 0 spiro atoms. The van der Waals surface area contributed by atoms with E-state index in [1.165, 1.54) is 16.1 Å². The fourth-order valence-corrected chi connectivity index (χ4v) is 5.18. The second-order valence-corrected chi connectivity index (χ2v) is 9.94. The zero-order chi connectivity index (χ0) is 21.7. The molecule has 0 bridgehead atoms. The monoisotopic (exact) mass is 481 g/mol. The van der Waals surface area contributed by atoms with Crippen LogP contribution < -0.4 is 4.74 Å². The van der Waals surface area contributed by atoms with Gasteiger partial charge in [-0.1, -0.05) is 41.6 Å². The molecule has 0 N–H and O–H groups in total. The van der Waals surface area contributed by atoms with Crippen molar-refractivity contribution in [3.8, 4) is 17.2 Å². The van der Waals surface area contributed by atoms with E-state index in [-0.39, 0.29) is 10.8 Å². The van der Waals surface area contributed by atoms with Gasteiger partial charge < -0.3 is 13.9 Å². The number of aromatic nitrogens is 2. The number of morpholine rings is 1. The summed E-state index contributed by atoms with van der Waals surface area (Å²) in [7, 11) is -3.60. The third kappa shape index (κ3) is 5.39. The molecule has 11 heteroatoms. The summed E-state index contributed by atoms with van der Waals surface area (Å²) >= 11 is 7.41. The van der Waals surface area contributed by atoms with Crippen molar-refractivity contribution in [1.82, 2.24) is 14.5 Å². The number of benzene rings is 2. The number of para-hydroxylation sites is 1. The molecule has 1 aliphatic heterocycles. The first-order valence-electron chi connectivity index (χ1n) is 9.56. The van der Waals surface area contributed by atoms with Gasteiger partial charge in [-0.25, -0.2) is 8.42 Å². The topological polar surface area (TPSA) is 94.8 Å². The molecule has 1 saturated heterocycles. The first kappa shape index (κ1) is 22.1. The lowest BCUT2D eigenvalue weighted by molar-refractivity contribution is 0.0730. The van der Waals surface area contributed by atoms with E-state index in [0.717, 1.165) is 0 Å². The van der Waals surface area contributed by atoms with Gasteiger partial charge in [-0.3, -0.25) is 0 Å². The van der Waals surface area contributed by atoms with Crippen LogP contribution in [0.4, 0.5) is 0 Å². The molecule has 4 rings (SSSR count). The van der Waals surface area contributed by atoms with E-state index in [1.54, 1.807) is 36.4 Å². The van der Waals surface area contributed by atoms with Crippen LogP contribution in [0.3, 0.4) is 0 Å². The molecule has 1 aliphatic rings. The zero-order valence-corrected chi connectivity index (χ0v) is 18.8. The van der Waals surface area contributed by atoms with Gasteiger partial charge in [-0.15, -0.1) is 10.2 Å². The fraction of sp³-hybridized carbons (Fsp3) is 0.300. The second kappa shape index (κ2) is 10.0. The number of nitrogens with zero attached hydrogens (tertiary/aromatic N) is 3. The normalized spacial score (nSPS) is 15.1. The van der Waals surface area contributed by atoms with E-state index in [0.29, 0.717) is 60.2 Å². The largest absolute Gasteiger partial charge is 0.491 e. The number of thioether (sulfide) groups is 1. The maximum absolute atomic E-state index is 12.9. The lowest BCUT2D eigenvalue weighted by Gasteiger charge is -2.26. The predicted molar refractivity (Wildman–Crippen MR) is 117 cm³/mol. The van der Waals surface area contributed by atoms with Gasteiger partial charge in [0.25, 0.3) is 5.22 Å². The lowest BCUT2D eigenvalue weighted by atomic mass is 10.2. The Kier molecular flexibility index (Phi) is 7.13. The maximum atomic E-state index is 12.9. The number of hydrogen-bond donors (Lipinski definition) is 0. The van der Waals surface area contributed by atoms with Crippen molar-refractivity contribution in [2.24, 2.45) is 0 Å². The van der Waals surface area contributed by atoms with Crippen LogP contribution in [0.1, 0.15) is 0 Å². The molecule has 0 unspecified atom stereocenters. The van der Waals surface area contributed by atoms with Gasteiger partial charge >= 0.3 is 0 Å². The summed E-state index contributed by atoms with van der Waals surface area (Å²) in [6.45, 7) is 1.88. The van der Waals surface area contributed by atoms with Crippen molar-refractivity contribution in [2.75, 3.05) is 38.7 Å². The molecule has 1 fully saturated rings. The van der Waals surface area contributed by atoms with Crippen molar-refractivity contribution < 1.29 is 22.3 Å². The Bertz CT molecular complexity index is 1130. The highest BCUT2D eigenvalue weighted by Gasteiger charge is 2.26. The van der Waals surface area contributed by atoms with E-state index >= 15 is 0 Å². The van der Waals surface area contributed by atoms with Gasteiger partial charge in [-0.2, -0.15) is 4.31 Å². The van der Waals surface area contributed by atoms with Crippen molar-refractivity contribution in [3.05, 3.63) is 53.6 Å². The third-order valence-electron chi connectivity index (χ3n) is 4.50. The molecule has 3 aromatic rings. The predicted octanol–water partition coefficient (Wildman–Crippen LogP) is 3.58. The third-order valence-corrected chi connectivity index (χ3v) is 7.49. The first-order valence-corrected chi connectivity index (χ1v) is 12.4. The second-order valence-electron chi connectivity index (χ2n) is 6.54. The van der Waals surface area contributed by atoms with Gasteiger partial charge in [0.15, 0.2) is 0 Å². The molecule has 0 amide bonds. The van der Waals surface area contributed by atoms with Gasteiger partial charge in [0.1, 0.15) is 5.75 Å². The summed E-state index contributed by atoms with van der Waals surface area (Å²) in [6, 6.07) is 13.8. The number of sulfonamides is 1. The summed E-state index contributed by atoms with van der Waals surface area (Å²) in [5.74, 6) is 1.46. The molecule has 2 heterocycles. The lowest BCUT2D eigenvalue weighted by Crippen LogP contribution is -2.40. The average Bonchev–Trinajstić information content (AvgIpc) is 3.27. The first-order chi connectivity index (χ1) is 15.0. The molecule has 0 radical (unpaired) electrons. The molecule has 0 aliphatic carbocycles. The van der Waals surface area contributed by atoms with Crippen LogP contribution in [0.5, 0.6) is 5.75 Å². The fourth-order valence-electron chi connectivity index (χ4n) is 2.95. The molecular formula is C20H20ClN3O5S2.